The highest BCUT2D eigenvalue weighted by molar-refractivity contribution is 4.90. The van der Waals surface area contributed by atoms with Crippen molar-refractivity contribution in [3.05, 3.63) is 0 Å². The van der Waals surface area contributed by atoms with Crippen molar-refractivity contribution in [2.45, 2.75) is 38.8 Å². The van der Waals surface area contributed by atoms with Gasteiger partial charge >= 0.3 is 0 Å². The molecule has 2 unspecified atom stereocenters. The molecule has 5 nitrogen and oxygen atoms in total. The first-order valence-corrected chi connectivity index (χ1v) is 7.94. The summed E-state index contributed by atoms with van der Waals surface area (Å²) in [6.07, 6.45) is 2.21. The van der Waals surface area contributed by atoms with Crippen LogP contribution in [0.4, 0.5) is 0 Å². The molecular formula is C15H30N2O3. The van der Waals surface area contributed by atoms with E-state index in [0.29, 0.717) is 11.5 Å². The highest BCUT2D eigenvalue weighted by Gasteiger charge is 2.37. The fourth-order valence-corrected chi connectivity index (χ4v) is 3.22. The molecule has 0 aromatic carbocycles. The molecule has 118 valence electrons. The number of aliphatic hydroxyl groups is 1. The van der Waals surface area contributed by atoms with Crippen LogP contribution in [0.3, 0.4) is 0 Å². The van der Waals surface area contributed by atoms with E-state index in [2.05, 4.69) is 24.1 Å². The summed E-state index contributed by atoms with van der Waals surface area (Å²) in [5, 5.41) is 12.8. The van der Waals surface area contributed by atoms with Crippen molar-refractivity contribution in [2.75, 3.05) is 52.6 Å². The zero-order chi connectivity index (χ0) is 14.4. The summed E-state index contributed by atoms with van der Waals surface area (Å²) in [6, 6.07) is 0.430. The minimum atomic E-state index is -0.0257. The van der Waals surface area contributed by atoms with E-state index >= 15 is 0 Å². The molecule has 2 fully saturated rings. The van der Waals surface area contributed by atoms with E-state index in [9.17, 15) is 5.11 Å². The number of hydrogen-bond acceptors (Lipinski definition) is 5. The van der Waals surface area contributed by atoms with Gasteiger partial charge in [-0.05, 0) is 31.7 Å². The maximum atomic E-state index is 9.32. The normalized spacial score (nSPS) is 31.4. The van der Waals surface area contributed by atoms with Crippen LogP contribution in [0.1, 0.15) is 26.7 Å². The molecule has 2 aliphatic heterocycles. The Morgan fingerprint density at radius 3 is 2.75 bits per heavy atom. The molecule has 0 radical (unpaired) electrons. The molecule has 2 saturated heterocycles. The molecule has 2 rings (SSSR count). The number of morpholine rings is 1. The molecule has 0 amide bonds. The first kappa shape index (κ1) is 16.2. The van der Waals surface area contributed by atoms with Crippen molar-refractivity contribution in [1.82, 2.24) is 10.2 Å². The summed E-state index contributed by atoms with van der Waals surface area (Å²) < 4.78 is 11.2. The maximum absolute atomic E-state index is 9.32. The Labute approximate surface area is 122 Å². The van der Waals surface area contributed by atoms with Gasteiger partial charge in [0.25, 0.3) is 0 Å². The molecule has 2 atom stereocenters. The van der Waals surface area contributed by atoms with E-state index in [4.69, 9.17) is 9.47 Å². The van der Waals surface area contributed by atoms with E-state index in [1.54, 1.807) is 0 Å². The van der Waals surface area contributed by atoms with Crippen molar-refractivity contribution in [1.29, 1.82) is 0 Å². The molecule has 0 aromatic rings. The van der Waals surface area contributed by atoms with Crippen LogP contribution < -0.4 is 5.32 Å². The minimum absolute atomic E-state index is 0.0257. The summed E-state index contributed by atoms with van der Waals surface area (Å²) in [7, 11) is 0. The molecule has 2 aliphatic rings. The van der Waals surface area contributed by atoms with Gasteiger partial charge in [-0.2, -0.15) is 0 Å². The van der Waals surface area contributed by atoms with Crippen LogP contribution in [0.2, 0.25) is 0 Å². The smallest absolute Gasteiger partial charge is 0.0933 e. The summed E-state index contributed by atoms with van der Waals surface area (Å²) in [6.45, 7) is 10.9. The Bertz CT molecular complexity index is 282. The summed E-state index contributed by atoms with van der Waals surface area (Å²) in [4.78, 5) is 2.49. The number of nitrogens with one attached hydrogen (secondary N) is 1. The molecular weight excluding hydrogens is 256 g/mol. The summed E-state index contributed by atoms with van der Waals surface area (Å²) in [5.74, 6) is 0. The Kier molecular flexibility index (Phi) is 6.23. The van der Waals surface area contributed by atoms with Crippen molar-refractivity contribution in [2.24, 2.45) is 5.41 Å². The van der Waals surface area contributed by atoms with Gasteiger partial charge in [-0.25, -0.2) is 0 Å². The Morgan fingerprint density at radius 1 is 1.35 bits per heavy atom. The van der Waals surface area contributed by atoms with Gasteiger partial charge in [-0.3, -0.25) is 4.90 Å². The van der Waals surface area contributed by atoms with E-state index < -0.39 is 0 Å². The molecule has 0 saturated carbocycles. The molecule has 5 heteroatoms. The summed E-state index contributed by atoms with van der Waals surface area (Å²) in [5.41, 5.74) is 0.305. The third-order valence-electron chi connectivity index (χ3n) is 4.68. The standard InChI is InChI=1S/C15H30N2O3/c1-3-16-11-15(4-6-19-7-5-15)12-17-8-14(9-18)20-10-13(17)2/h13-14,16,18H,3-12H2,1-2H3. The highest BCUT2D eigenvalue weighted by Crippen LogP contribution is 2.32. The van der Waals surface area contributed by atoms with Gasteiger partial charge in [0.05, 0.1) is 19.3 Å². The lowest BCUT2D eigenvalue weighted by atomic mass is 9.79. The molecule has 0 bridgehead atoms. The van der Waals surface area contributed by atoms with Crippen LogP contribution in [0.5, 0.6) is 0 Å². The lowest BCUT2D eigenvalue weighted by Crippen LogP contribution is -2.55. The van der Waals surface area contributed by atoms with Crippen LogP contribution in [-0.4, -0.2) is 74.8 Å². The van der Waals surface area contributed by atoms with Crippen molar-refractivity contribution >= 4 is 0 Å². The molecule has 2 heterocycles. The molecule has 20 heavy (non-hydrogen) atoms. The van der Waals surface area contributed by atoms with Gasteiger partial charge < -0.3 is 19.9 Å². The first-order chi connectivity index (χ1) is 9.69. The topological polar surface area (TPSA) is 54.0 Å². The van der Waals surface area contributed by atoms with E-state index in [-0.39, 0.29) is 12.7 Å². The zero-order valence-corrected chi connectivity index (χ0v) is 12.9. The lowest BCUT2D eigenvalue weighted by molar-refractivity contribution is -0.0974. The van der Waals surface area contributed by atoms with Crippen LogP contribution in [-0.2, 0) is 9.47 Å². The third-order valence-corrected chi connectivity index (χ3v) is 4.68. The Hall–Kier alpha value is -0.200. The van der Waals surface area contributed by atoms with Crippen molar-refractivity contribution in [3.63, 3.8) is 0 Å². The van der Waals surface area contributed by atoms with Gasteiger partial charge in [0, 0.05) is 38.9 Å². The highest BCUT2D eigenvalue weighted by atomic mass is 16.5. The third kappa shape index (κ3) is 4.15. The average Bonchev–Trinajstić information content (AvgIpc) is 2.48. The quantitative estimate of drug-likeness (QED) is 0.743. The van der Waals surface area contributed by atoms with Crippen molar-refractivity contribution in [3.8, 4) is 0 Å². The fourth-order valence-electron chi connectivity index (χ4n) is 3.22. The van der Waals surface area contributed by atoms with E-state index in [0.717, 1.165) is 58.8 Å². The molecule has 2 N–H and O–H groups in total. The molecule has 0 aromatic heterocycles. The van der Waals surface area contributed by atoms with Crippen LogP contribution in [0, 0.1) is 5.41 Å². The number of nitrogens with zero attached hydrogens (tertiary/aromatic N) is 1. The molecule has 0 spiro atoms. The van der Waals surface area contributed by atoms with Gasteiger partial charge in [-0.1, -0.05) is 6.92 Å². The van der Waals surface area contributed by atoms with Gasteiger partial charge in [0.15, 0.2) is 0 Å². The summed E-state index contributed by atoms with van der Waals surface area (Å²) >= 11 is 0. The predicted octanol–water partition coefficient (Wildman–Crippen LogP) is 0.474. The van der Waals surface area contributed by atoms with Gasteiger partial charge in [0.1, 0.15) is 0 Å². The average molecular weight is 286 g/mol. The fraction of sp³-hybridized carbons (Fsp3) is 1.00. The predicted molar refractivity (Wildman–Crippen MR) is 78.9 cm³/mol. The second-order valence-electron chi connectivity index (χ2n) is 6.31. The lowest BCUT2D eigenvalue weighted by Gasteiger charge is -2.45. The molecule has 0 aliphatic carbocycles. The minimum Gasteiger partial charge on any atom is -0.394 e. The zero-order valence-electron chi connectivity index (χ0n) is 12.9. The Morgan fingerprint density at radius 2 is 2.10 bits per heavy atom. The Balaban J connectivity index is 1.98. The van der Waals surface area contributed by atoms with E-state index in [1.807, 2.05) is 0 Å². The number of ether oxygens (including phenoxy) is 2. The van der Waals surface area contributed by atoms with Crippen LogP contribution in [0.25, 0.3) is 0 Å². The number of hydrogen-bond donors (Lipinski definition) is 2. The van der Waals surface area contributed by atoms with Crippen molar-refractivity contribution < 1.29 is 14.6 Å². The SMILES string of the molecule is CCNCC1(CN2CC(CO)OCC2C)CCOCC1. The maximum Gasteiger partial charge on any atom is 0.0933 e. The van der Waals surface area contributed by atoms with Gasteiger partial charge in [0.2, 0.25) is 0 Å². The largest absolute Gasteiger partial charge is 0.394 e. The van der Waals surface area contributed by atoms with Crippen LogP contribution in [0.15, 0.2) is 0 Å². The monoisotopic (exact) mass is 286 g/mol. The number of aliphatic hydroxyl groups excluding tert-OH is 1. The first-order valence-electron chi connectivity index (χ1n) is 7.94. The van der Waals surface area contributed by atoms with Gasteiger partial charge in [-0.15, -0.1) is 0 Å². The number of rotatable bonds is 6. The second-order valence-corrected chi connectivity index (χ2v) is 6.31. The van der Waals surface area contributed by atoms with E-state index in [1.165, 1.54) is 0 Å². The van der Waals surface area contributed by atoms with Crippen LogP contribution >= 0.6 is 0 Å². The second kappa shape index (κ2) is 7.71.